The van der Waals surface area contributed by atoms with Crippen LogP contribution >= 0.6 is 7.60 Å². The highest BCUT2D eigenvalue weighted by Crippen LogP contribution is 2.49. The molecule has 0 radical (unpaired) electrons. The lowest BCUT2D eigenvalue weighted by atomic mass is 10.2. The van der Waals surface area contributed by atoms with Gasteiger partial charge < -0.3 is 9.05 Å². The lowest BCUT2D eigenvalue weighted by Gasteiger charge is -2.20. The molecule has 2 rings (SSSR count). The summed E-state index contributed by atoms with van der Waals surface area (Å²) in [5.74, 6) is 1.13. The third-order valence-corrected chi connectivity index (χ3v) is 4.67. The van der Waals surface area contributed by atoms with E-state index < -0.39 is 7.60 Å². The molecular weight excluding hydrogens is 283 g/mol. The average molecular weight is 302 g/mol. The molecule has 0 bridgehead atoms. The van der Waals surface area contributed by atoms with Crippen molar-refractivity contribution < 1.29 is 13.6 Å². The van der Waals surface area contributed by atoms with E-state index in [9.17, 15) is 4.57 Å². The van der Waals surface area contributed by atoms with Crippen LogP contribution in [0.3, 0.4) is 0 Å². The van der Waals surface area contributed by atoms with Crippen molar-refractivity contribution in [3.63, 3.8) is 0 Å². The van der Waals surface area contributed by atoms with Crippen molar-refractivity contribution in [1.82, 2.24) is 0 Å². The first-order valence-electron chi connectivity index (χ1n) is 6.74. The monoisotopic (exact) mass is 302 g/mol. The third-order valence-electron chi connectivity index (χ3n) is 3.01. The summed E-state index contributed by atoms with van der Waals surface area (Å²) in [7, 11) is -3.34. The van der Waals surface area contributed by atoms with E-state index in [0.29, 0.717) is 11.5 Å². The van der Waals surface area contributed by atoms with E-state index in [2.05, 4.69) is 6.58 Å². The van der Waals surface area contributed by atoms with Crippen LogP contribution in [0.15, 0.2) is 61.2 Å². The normalized spacial score (nSPS) is 11.0. The largest absolute Gasteiger partial charge is 0.434 e. The molecule has 21 heavy (non-hydrogen) atoms. The number of benzene rings is 2. The predicted molar refractivity (Wildman–Crippen MR) is 86.3 cm³/mol. The van der Waals surface area contributed by atoms with E-state index >= 15 is 0 Å². The van der Waals surface area contributed by atoms with Crippen LogP contribution in [-0.2, 0) is 4.57 Å². The zero-order chi connectivity index (χ0) is 15.3. The van der Waals surface area contributed by atoms with Gasteiger partial charge in [-0.2, -0.15) is 0 Å². The summed E-state index contributed by atoms with van der Waals surface area (Å²) in [5, 5.41) is 0. The van der Waals surface area contributed by atoms with E-state index in [1.165, 1.54) is 0 Å². The summed E-state index contributed by atoms with van der Waals surface area (Å²) in [6.45, 7) is 7.45. The highest BCUT2D eigenvalue weighted by Gasteiger charge is 2.27. The highest BCUT2D eigenvalue weighted by atomic mass is 31.2. The summed E-state index contributed by atoms with van der Waals surface area (Å²) in [4.78, 5) is 0. The maximum atomic E-state index is 12.9. The van der Waals surface area contributed by atoms with E-state index in [1.54, 1.807) is 18.2 Å². The molecule has 0 aliphatic rings. The minimum absolute atomic E-state index is 0.148. The van der Waals surface area contributed by atoms with Crippen molar-refractivity contribution in [2.24, 2.45) is 0 Å². The summed E-state index contributed by atoms with van der Waals surface area (Å²) in [6, 6.07) is 14.9. The Bertz CT molecular complexity index is 628. The van der Waals surface area contributed by atoms with Gasteiger partial charge >= 0.3 is 7.60 Å². The molecule has 4 heteroatoms. The van der Waals surface area contributed by atoms with Crippen LogP contribution in [-0.4, -0.2) is 6.16 Å². The topological polar surface area (TPSA) is 35.5 Å². The maximum absolute atomic E-state index is 12.9. The summed E-state index contributed by atoms with van der Waals surface area (Å²) < 4.78 is 24.3. The maximum Gasteiger partial charge on any atom is 0.434 e. The van der Waals surface area contributed by atoms with E-state index in [0.717, 1.165) is 11.1 Å². The fourth-order valence-electron chi connectivity index (χ4n) is 1.87. The van der Waals surface area contributed by atoms with Crippen molar-refractivity contribution >= 4 is 7.60 Å². The molecule has 3 nitrogen and oxygen atoms in total. The number of aryl methyl sites for hydroxylation is 2. The van der Waals surface area contributed by atoms with Crippen LogP contribution in [0.25, 0.3) is 0 Å². The van der Waals surface area contributed by atoms with Crippen LogP contribution in [0.2, 0.25) is 0 Å². The zero-order valence-electron chi connectivity index (χ0n) is 12.3. The molecule has 0 aliphatic heterocycles. The highest BCUT2D eigenvalue weighted by molar-refractivity contribution is 7.54. The summed E-state index contributed by atoms with van der Waals surface area (Å²) >= 11 is 0. The van der Waals surface area contributed by atoms with E-state index in [-0.39, 0.29) is 6.16 Å². The van der Waals surface area contributed by atoms with E-state index in [1.807, 2.05) is 50.2 Å². The van der Waals surface area contributed by atoms with Crippen molar-refractivity contribution in [3.05, 3.63) is 72.3 Å². The average Bonchev–Trinajstić information content (AvgIpc) is 2.44. The molecule has 0 spiro atoms. The third kappa shape index (κ3) is 3.99. The summed E-state index contributed by atoms with van der Waals surface area (Å²) in [5.41, 5.74) is 1.82. The minimum Gasteiger partial charge on any atom is -0.416 e. The van der Waals surface area contributed by atoms with Gasteiger partial charge in [0.1, 0.15) is 11.5 Å². The molecular formula is C17H19O3P. The quantitative estimate of drug-likeness (QED) is 0.547. The van der Waals surface area contributed by atoms with Crippen LogP contribution in [0.5, 0.6) is 11.5 Å². The fraction of sp³-hybridized carbons (Fsp3) is 0.176. The molecule has 2 aromatic carbocycles. The molecule has 110 valence electrons. The number of hydrogen-bond acceptors (Lipinski definition) is 3. The van der Waals surface area contributed by atoms with E-state index in [4.69, 9.17) is 9.05 Å². The van der Waals surface area contributed by atoms with Gasteiger partial charge in [-0.05, 0) is 37.1 Å². The Morgan fingerprint density at radius 1 is 0.952 bits per heavy atom. The van der Waals surface area contributed by atoms with Gasteiger partial charge in [-0.3, -0.25) is 0 Å². The molecule has 0 fully saturated rings. The van der Waals surface area contributed by atoms with Crippen molar-refractivity contribution in [2.75, 3.05) is 6.16 Å². The predicted octanol–water partition coefficient (Wildman–Crippen LogP) is 5.14. The SMILES string of the molecule is C=CCP(=O)(Oc1ccccc1C)Oc1ccccc1C. The van der Waals surface area contributed by atoms with Gasteiger partial charge in [0.2, 0.25) is 0 Å². The molecule has 2 aromatic rings. The Morgan fingerprint density at radius 3 is 1.76 bits per heavy atom. The van der Waals surface area contributed by atoms with Gasteiger partial charge in [0, 0.05) is 0 Å². The standard InChI is InChI=1S/C17H19O3P/c1-4-13-21(18,19-16-11-7-5-9-14(16)2)20-17-12-8-6-10-15(17)3/h4-12H,1,13H2,2-3H3. The van der Waals surface area contributed by atoms with Crippen molar-refractivity contribution in [2.45, 2.75) is 13.8 Å². The minimum atomic E-state index is -3.34. The van der Waals surface area contributed by atoms with Crippen molar-refractivity contribution in [3.8, 4) is 11.5 Å². The molecule has 0 saturated heterocycles. The molecule has 0 unspecified atom stereocenters. The Labute approximate surface area is 125 Å². The van der Waals surface area contributed by atoms with Gasteiger partial charge in [0.05, 0.1) is 6.16 Å². The van der Waals surface area contributed by atoms with Gasteiger partial charge in [-0.1, -0.05) is 42.5 Å². The first-order chi connectivity index (χ1) is 10.0. The molecule has 0 saturated carbocycles. The Kier molecular flexibility index (Phi) is 4.87. The molecule has 0 atom stereocenters. The number of para-hydroxylation sites is 2. The molecule has 0 aliphatic carbocycles. The molecule has 0 aromatic heterocycles. The van der Waals surface area contributed by atoms with Crippen molar-refractivity contribution in [1.29, 1.82) is 0 Å². The second-order valence-corrected chi connectivity index (χ2v) is 6.75. The Morgan fingerprint density at radius 2 is 1.38 bits per heavy atom. The number of hydrogen-bond donors (Lipinski definition) is 0. The zero-order valence-corrected chi connectivity index (χ0v) is 13.2. The first-order valence-corrected chi connectivity index (χ1v) is 8.47. The fourth-order valence-corrected chi connectivity index (χ4v) is 3.38. The molecule has 0 amide bonds. The Balaban J connectivity index is 2.29. The Hall–Kier alpha value is -1.99. The van der Waals surface area contributed by atoms with Gasteiger partial charge in [-0.15, -0.1) is 6.58 Å². The van der Waals surface area contributed by atoms with Gasteiger partial charge in [-0.25, -0.2) is 4.57 Å². The molecule has 0 N–H and O–H groups in total. The van der Waals surface area contributed by atoms with Crippen LogP contribution < -0.4 is 9.05 Å². The lowest BCUT2D eigenvalue weighted by Crippen LogP contribution is -2.05. The van der Waals surface area contributed by atoms with Gasteiger partial charge in [0.25, 0.3) is 0 Å². The number of allylic oxidation sites excluding steroid dienone is 1. The first kappa shape index (κ1) is 15.4. The summed E-state index contributed by atoms with van der Waals surface area (Å²) in [6.07, 6.45) is 1.70. The van der Waals surface area contributed by atoms with Crippen LogP contribution in [0.1, 0.15) is 11.1 Å². The lowest BCUT2D eigenvalue weighted by molar-refractivity contribution is 0.387. The smallest absolute Gasteiger partial charge is 0.416 e. The molecule has 0 heterocycles. The van der Waals surface area contributed by atoms with Crippen LogP contribution in [0, 0.1) is 13.8 Å². The van der Waals surface area contributed by atoms with Crippen LogP contribution in [0.4, 0.5) is 0 Å². The number of rotatable bonds is 6. The van der Waals surface area contributed by atoms with Gasteiger partial charge in [0.15, 0.2) is 0 Å². The second kappa shape index (κ2) is 6.64. The second-order valence-electron chi connectivity index (χ2n) is 4.80.